The maximum Gasteiger partial charge on any atom is 0.228 e. The number of nitrogens with two attached hydrogens (primary N) is 1. The minimum Gasteiger partial charge on any atom is -0.383 e. The zero-order valence-corrected chi connectivity index (χ0v) is 13.9. The number of fused-ring (bicyclic) bond motifs is 1. The van der Waals surface area contributed by atoms with E-state index in [4.69, 9.17) is 15.5 Å². The normalized spacial score (nSPS) is 15.2. The molecule has 0 unspecified atom stereocenters. The Hall–Kier alpha value is -2.67. The number of ether oxygens (including phenoxy) is 1. The van der Waals surface area contributed by atoms with Gasteiger partial charge in [0.15, 0.2) is 5.65 Å². The molecule has 1 saturated heterocycles. The van der Waals surface area contributed by atoms with Gasteiger partial charge in [0, 0.05) is 25.7 Å². The summed E-state index contributed by atoms with van der Waals surface area (Å²) in [4.78, 5) is 11.6. The van der Waals surface area contributed by atoms with Crippen molar-refractivity contribution in [3.63, 3.8) is 0 Å². The Morgan fingerprint density at radius 3 is 2.71 bits per heavy atom. The molecular weight excluding hydrogens is 304 g/mol. The minimum atomic E-state index is 0.579. The van der Waals surface area contributed by atoms with Gasteiger partial charge >= 0.3 is 0 Å². The number of aryl methyl sites for hydroxylation is 2. The lowest BCUT2D eigenvalue weighted by Gasteiger charge is -2.27. The van der Waals surface area contributed by atoms with Gasteiger partial charge in [0.05, 0.1) is 24.3 Å². The quantitative estimate of drug-likeness (QED) is 0.773. The molecule has 3 heterocycles. The number of hydrogen-bond acceptors (Lipinski definition) is 6. The van der Waals surface area contributed by atoms with Gasteiger partial charge in [0.25, 0.3) is 0 Å². The zero-order valence-electron chi connectivity index (χ0n) is 13.9. The Kier molecular flexibility index (Phi) is 3.57. The van der Waals surface area contributed by atoms with Crippen molar-refractivity contribution in [2.24, 2.45) is 7.05 Å². The first-order valence-corrected chi connectivity index (χ1v) is 8.03. The highest BCUT2D eigenvalue weighted by molar-refractivity contribution is 5.99. The molecule has 7 heteroatoms. The molecule has 0 saturated carbocycles. The molecule has 1 fully saturated rings. The van der Waals surface area contributed by atoms with Crippen molar-refractivity contribution >= 4 is 22.8 Å². The fourth-order valence-electron chi connectivity index (χ4n) is 3.01. The van der Waals surface area contributed by atoms with Gasteiger partial charge in [-0.15, -0.1) is 0 Å². The lowest BCUT2D eigenvalue weighted by Crippen LogP contribution is -2.37. The molecule has 0 spiro atoms. The molecule has 1 aliphatic rings. The van der Waals surface area contributed by atoms with E-state index in [1.807, 2.05) is 19.2 Å². The van der Waals surface area contributed by atoms with Crippen LogP contribution in [-0.2, 0) is 11.8 Å². The molecule has 4 rings (SSSR count). The summed E-state index contributed by atoms with van der Waals surface area (Å²) in [6, 6.07) is 8.25. The van der Waals surface area contributed by atoms with Crippen molar-refractivity contribution in [2.75, 3.05) is 36.9 Å². The van der Waals surface area contributed by atoms with Gasteiger partial charge in [-0.05, 0) is 13.0 Å². The first kappa shape index (κ1) is 14.9. The molecule has 0 bridgehead atoms. The van der Waals surface area contributed by atoms with Gasteiger partial charge in [-0.25, -0.2) is 4.98 Å². The van der Waals surface area contributed by atoms with E-state index in [-0.39, 0.29) is 0 Å². The van der Waals surface area contributed by atoms with E-state index in [0.717, 1.165) is 29.7 Å². The van der Waals surface area contributed by atoms with Crippen LogP contribution in [0.5, 0.6) is 0 Å². The Bertz CT molecular complexity index is 897. The van der Waals surface area contributed by atoms with Crippen molar-refractivity contribution in [3.8, 4) is 11.3 Å². The van der Waals surface area contributed by atoms with Gasteiger partial charge in [0.1, 0.15) is 5.82 Å². The number of rotatable bonds is 2. The van der Waals surface area contributed by atoms with Crippen LogP contribution in [0.4, 0.5) is 11.8 Å². The first-order valence-electron chi connectivity index (χ1n) is 8.03. The highest BCUT2D eigenvalue weighted by Gasteiger charge is 2.21. The van der Waals surface area contributed by atoms with Crippen LogP contribution in [-0.4, -0.2) is 46.1 Å². The number of aromatic nitrogens is 4. The van der Waals surface area contributed by atoms with Crippen LogP contribution >= 0.6 is 0 Å². The number of benzene rings is 1. The van der Waals surface area contributed by atoms with Gasteiger partial charge in [-0.3, -0.25) is 4.68 Å². The smallest absolute Gasteiger partial charge is 0.228 e. The third kappa shape index (κ3) is 2.46. The van der Waals surface area contributed by atoms with Crippen LogP contribution in [0, 0.1) is 6.92 Å². The summed E-state index contributed by atoms with van der Waals surface area (Å²) in [5.74, 6) is 1.26. The molecule has 124 valence electrons. The largest absolute Gasteiger partial charge is 0.383 e. The van der Waals surface area contributed by atoms with Crippen molar-refractivity contribution in [1.29, 1.82) is 0 Å². The molecule has 2 aromatic heterocycles. The van der Waals surface area contributed by atoms with Crippen LogP contribution in [0.1, 0.15) is 5.56 Å². The summed E-state index contributed by atoms with van der Waals surface area (Å²) in [5.41, 5.74) is 9.89. The van der Waals surface area contributed by atoms with Crippen LogP contribution < -0.4 is 10.6 Å². The highest BCUT2D eigenvalue weighted by atomic mass is 16.5. The lowest BCUT2D eigenvalue weighted by molar-refractivity contribution is 0.122. The van der Waals surface area contributed by atoms with Crippen LogP contribution in [0.2, 0.25) is 0 Å². The van der Waals surface area contributed by atoms with Gasteiger partial charge in [0.2, 0.25) is 5.95 Å². The van der Waals surface area contributed by atoms with Crippen LogP contribution in [0.15, 0.2) is 24.3 Å². The van der Waals surface area contributed by atoms with Crippen molar-refractivity contribution in [1.82, 2.24) is 19.7 Å². The molecule has 3 aromatic rings. The van der Waals surface area contributed by atoms with E-state index >= 15 is 0 Å². The standard InChI is InChI=1S/C17H20N6O/c1-11-4-3-5-12(10-11)14-13-15(18)22(2)21-16(13)20-17(19-14)23-6-8-24-9-7-23/h3-5,10H,6-9,18H2,1-2H3. The molecule has 0 radical (unpaired) electrons. The van der Waals surface area contributed by atoms with Crippen molar-refractivity contribution in [2.45, 2.75) is 6.92 Å². The molecule has 0 amide bonds. The van der Waals surface area contributed by atoms with E-state index in [2.05, 4.69) is 34.0 Å². The Labute approximate surface area is 140 Å². The summed E-state index contributed by atoms with van der Waals surface area (Å²) in [7, 11) is 1.82. The molecule has 0 aliphatic carbocycles. The average Bonchev–Trinajstić information content (AvgIpc) is 2.89. The van der Waals surface area contributed by atoms with Crippen molar-refractivity contribution < 1.29 is 4.74 Å². The molecule has 24 heavy (non-hydrogen) atoms. The van der Waals surface area contributed by atoms with E-state index in [1.165, 1.54) is 5.56 Å². The fraction of sp³-hybridized carbons (Fsp3) is 0.353. The Morgan fingerprint density at radius 2 is 1.96 bits per heavy atom. The number of nitrogens with zero attached hydrogens (tertiary/aromatic N) is 5. The molecule has 2 N–H and O–H groups in total. The average molecular weight is 324 g/mol. The van der Waals surface area contributed by atoms with Crippen LogP contribution in [0.3, 0.4) is 0 Å². The predicted octanol–water partition coefficient (Wildman–Crippen LogP) is 1.76. The minimum absolute atomic E-state index is 0.579. The number of morpholine rings is 1. The van der Waals surface area contributed by atoms with E-state index in [9.17, 15) is 0 Å². The molecular formula is C17H20N6O. The van der Waals surface area contributed by atoms with Crippen molar-refractivity contribution in [3.05, 3.63) is 29.8 Å². The summed E-state index contributed by atoms with van der Waals surface area (Å²) >= 11 is 0. The Balaban J connectivity index is 1.94. The maximum absolute atomic E-state index is 6.23. The number of anilines is 2. The first-order chi connectivity index (χ1) is 11.6. The number of hydrogen-bond donors (Lipinski definition) is 1. The highest BCUT2D eigenvalue weighted by Crippen LogP contribution is 2.32. The van der Waals surface area contributed by atoms with Gasteiger partial charge in [-0.2, -0.15) is 10.1 Å². The third-order valence-corrected chi connectivity index (χ3v) is 4.31. The van der Waals surface area contributed by atoms with Gasteiger partial charge < -0.3 is 15.4 Å². The predicted molar refractivity (Wildman–Crippen MR) is 93.9 cm³/mol. The molecule has 1 aromatic carbocycles. The third-order valence-electron chi connectivity index (χ3n) is 4.31. The summed E-state index contributed by atoms with van der Waals surface area (Å²) in [5, 5.41) is 5.27. The van der Waals surface area contributed by atoms with Crippen LogP contribution in [0.25, 0.3) is 22.3 Å². The van der Waals surface area contributed by atoms with E-state index in [0.29, 0.717) is 30.6 Å². The lowest BCUT2D eigenvalue weighted by atomic mass is 10.1. The monoisotopic (exact) mass is 324 g/mol. The summed E-state index contributed by atoms with van der Waals surface area (Å²) in [6.07, 6.45) is 0. The number of nitrogen functional groups attached to an aromatic ring is 1. The summed E-state index contributed by atoms with van der Waals surface area (Å²) < 4.78 is 7.08. The van der Waals surface area contributed by atoms with Gasteiger partial charge in [-0.1, -0.05) is 23.8 Å². The molecule has 0 atom stereocenters. The SMILES string of the molecule is Cc1cccc(-c2nc(N3CCOCC3)nc3nn(C)c(N)c23)c1. The Morgan fingerprint density at radius 1 is 1.17 bits per heavy atom. The maximum atomic E-state index is 6.23. The summed E-state index contributed by atoms with van der Waals surface area (Å²) in [6.45, 7) is 5.00. The fourth-order valence-corrected chi connectivity index (χ4v) is 3.01. The molecule has 1 aliphatic heterocycles. The zero-order chi connectivity index (χ0) is 16.7. The molecule has 7 nitrogen and oxygen atoms in total. The second kappa shape index (κ2) is 5.76. The van der Waals surface area contributed by atoms with E-state index in [1.54, 1.807) is 4.68 Å². The second-order valence-corrected chi connectivity index (χ2v) is 6.05. The second-order valence-electron chi connectivity index (χ2n) is 6.05. The topological polar surface area (TPSA) is 82.1 Å². The van der Waals surface area contributed by atoms with E-state index < -0.39 is 0 Å².